The lowest BCUT2D eigenvalue weighted by molar-refractivity contribution is 0.122. The quantitative estimate of drug-likeness (QED) is 0.898. The van der Waals surface area contributed by atoms with Crippen LogP contribution in [0.5, 0.6) is 0 Å². The minimum Gasteiger partial charge on any atom is -0.378 e. The summed E-state index contributed by atoms with van der Waals surface area (Å²) in [5, 5.41) is 3.28. The highest BCUT2D eigenvalue weighted by Crippen LogP contribution is 2.16. The molecule has 21 heavy (non-hydrogen) atoms. The summed E-state index contributed by atoms with van der Waals surface area (Å²) in [6.07, 6.45) is 1.91. The number of nitrogens with zero attached hydrogens (tertiary/aromatic N) is 3. The van der Waals surface area contributed by atoms with Crippen LogP contribution in [0.25, 0.3) is 0 Å². The lowest BCUT2D eigenvalue weighted by atomic mass is 10.3. The molecule has 0 aliphatic carbocycles. The summed E-state index contributed by atoms with van der Waals surface area (Å²) in [5.74, 6) is 1.79. The van der Waals surface area contributed by atoms with Gasteiger partial charge in [-0.05, 0) is 26.0 Å². The van der Waals surface area contributed by atoms with Crippen molar-refractivity contribution in [2.45, 2.75) is 20.4 Å². The van der Waals surface area contributed by atoms with Crippen molar-refractivity contribution in [3.05, 3.63) is 35.5 Å². The summed E-state index contributed by atoms with van der Waals surface area (Å²) < 4.78 is 5.36. The average molecular weight is 287 g/mol. The predicted molar refractivity (Wildman–Crippen MR) is 82.7 cm³/mol. The van der Waals surface area contributed by atoms with Gasteiger partial charge in [0.15, 0.2) is 0 Å². The molecule has 112 valence electrons. The van der Waals surface area contributed by atoms with Crippen LogP contribution in [0.1, 0.15) is 17.2 Å². The second-order valence-corrected chi connectivity index (χ2v) is 5.25. The van der Waals surface area contributed by atoms with E-state index in [1.807, 2.05) is 26.1 Å². The number of hydrogen-bond acceptors (Lipinski definition) is 5. The van der Waals surface area contributed by atoms with Crippen LogP contribution in [0.15, 0.2) is 18.3 Å². The minimum absolute atomic E-state index is 0.651. The largest absolute Gasteiger partial charge is 0.378 e. The Morgan fingerprint density at radius 3 is 2.71 bits per heavy atom. The monoisotopic (exact) mass is 287 g/mol. The van der Waals surface area contributed by atoms with Crippen LogP contribution in [0, 0.1) is 13.8 Å². The summed E-state index contributed by atoms with van der Waals surface area (Å²) in [7, 11) is 0. The smallest absolute Gasteiger partial charge is 0.126 e. The SMILES string of the molecule is Cc1nc(CNc2ccc(N3CCOCC3)cn2)[nH]c1C. The molecule has 0 amide bonds. The first-order valence-corrected chi connectivity index (χ1v) is 7.27. The summed E-state index contributed by atoms with van der Waals surface area (Å²) in [6.45, 7) is 8.12. The molecular weight excluding hydrogens is 266 g/mol. The van der Waals surface area contributed by atoms with E-state index in [0.29, 0.717) is 6.54 Å². The molecule has 0 unspecified atom stereocenters. The number of aryl methyl sites for hydroxylation is 2. The standard InChI is InChI=1S/C15H21N5O/c1-11-12(2)19-15(18-11)10-17-14-4-3-13(9-16-14)20-5-7-21-8-6-20/h3-4,9H,5-8,10H2,1-2H3,(H,16,17)(H,18,19). The maximum Gasteiger partial charge on any atom is 0.126 e. The average Bonchev–Trinajstić information content (AvgIpc) is 2.85. The number of pyridine rings is 1. The van der Waals surface area contributed by atoms with Gasteiger partial charge < -0.3 is 19.9 Å². The maximum absolute atomic E-state index is 5.36. The third-order valence-electron chi connectivity index (χ3n) is 3.74. The summed E-state index contributed by atoms with van der Waals surface area (Å²) in [5.41, 5.74) is 3.30. The number of ether oxygens (including phenoxy) is 1. The van der Waals surface area contributed by atoms with Crippen LogP contribution in [0.2, 0.25) is 0 Å². The molecule has 0 atom stereocenters. The molecule has 1 saturated heterocycles. The van der Waals surface area contributed by atoms with Gasteiger partial charge in [-0.2, -0.15) is 0 Å². The number of nitrogens with one attached hydrogen (secondary N) is 2. The van der Waals surface area contributed by atoms with Gasteiger partial charge in [0.05, 0.1) is 37.3 Å². The van der Waals surface area contributed by atoms with Crippen molar-refractivity contribution in [2.75, 3.05) is 36.5 Å². The lowest BCUT2D eigenvalue weighted by Crippen LogP contribution is -2.36. The van der Waals surface area contributed by atoms with Crippen molar-refractivity contribution in [3.63, 3.8) is 0 Å². The topological polar surface area (TPSA) is 66.1 Å². The molecule has 2 N–H and O–H groups in total. The van der Waals surface area contributed by atoms with Gasteiger partial charge in [-0.3, -0.25) is 0 Å². The first-order valence-electron chi connectivity index (χ1n) is 7.27. The zero-order valence-corrected chi connectivity index (χ0v) is 12.5. The van der Waals surface area contributed by atoms with Crippen molar-refractivity contribution in [1.82, 2.24) is 15.0 Å². The molecule has 0 radical (unpaired) electrons. The van der Waals surface area contributed by atoms with E-state index in [1.54, 1.807) is 0 Å². The van der Waals surface area contributed by atoms with Crippen LogP contribution in [0.4, 0.5) is 11.5 Å². The molecule has 1 aliphatic heterocycles. The number of H-pyrrole nitrogens is 1. The molecule has 6 heteroatoms. The predicted octanol–water partition coefficient (Wildman–Crippen LogP) is 1.87. The molecule has 2 aromatic rings. The zero-order valence-electron chi connectivity index (χ0n) is 12.5. The third-order valence-corrected chi connectivity index (χ3v) is 3.74. The molecule has 3 rings (SSSR count). The van der Waals surface area contributed by atoms with Gasteiger partial charge in [0.1, 0.15) is 11.6 Å². The normalized spacial score (nSPS) is 15.2. The molecule has 1 fully saturated rings. The maximum atomic E-state index is 5.36. The fraction of sp³-hybridized carbons (Fsp3) is 0.467. The highest BCUT2D eigenvalue weighted by atomic mass is 16.5. The number of imidazole rings is 1. The Hall–Kier alpha value is -2.08. The van der Waals surface area contributed by atoms with Gasteiger partial charge in [-0.15, -0.1) is 0 Å². The highest BCUT2D eigenvalue weighted by molar-refractivity contribution is 5.49. The first-order chi connectivity index (χ1) is 10.2. The van der Waals surface area contributed by atoms with Gasteiger partial charge in [-0.1, -0.05) is 0 Å². The number of rotatable bonds is 4. The Bertz CT molecular complexity index is 567. The zero-order chi connectivity index (χ0) is 14.7. The summed E-state index contributed by atoms with van der Waals surface area (Å²) in [6, 6.07) is 4.10. The van der Waals surface area contributed by atoms with E-state index in [2.05, 4.69) is 31.2 Å². The van der Waals surface area contributed by atoms with Gasteiger partial charge in [0, 0.05) is 18.8 Å². The molecule has 0 aromatic carbocycles. The molecule has 0 spiro atoms. The fourth-order valence-electron chi connectivity index (χ4n) is 2.38. The molecule has 3 heterocycles. The Morgan fingerprint density at radius 2 is 2.10 bits per heavy atom. The van der Waals surface area contributed by atoms with E-state index in [0.717, 1.165) is 55.0 Å². The van der Waals surface area contributed by atoms with E-state index in [9.17, 15) is 0 Å². The van der Waals surface area contributed by atoms with E-state index in [4.69, 9.17) is 4.74 Å². The lowest BCUT2D eigenvalue weighted by Gasteiger charge is -2.28. The van der Waals surface area contributed by atoms with Crippen LogP contribution in [-0.2, 0) is 11.3 Å². The number of hydrogen-bond donors (Lipinski definition) is 2. The summed E-state index contributed by atoms with van der Waals surface area (Å²) >= 11 is 0. The summed E-state index contributed by atoms with van der Waals surface area (Å²) in [4.78, 5) is 14.5. The Morgan fingerprint density at radius 1 is 1.29 bits per heavy atom. The Balaban J connectivity index is 1.59. The van der Waals surface area contributed by atoms with Crippen molar-refractivity contribution >= 4 is 11.5 Å². The van der Waals surface area contributed by atoms with Gasteiger partial charge in [0.25, 0.3) is 0 Å². The van der Waals surface area contributed by atoms with Crippen LogP contribution in [0.3, 0.4) is 0 Å². The van der Waals surface area contributed by atoms with Crippen LogP contribution in [-0.4, -0.2) is 41.3 Å². The van der Waals surface area contributed by atoms with E-state index < -0.39 is 0 Å². The Labute approximate surface area is 124 Å². The van der Waals surface area contributed by atoms with Crippen molar-refractivity contribution < 1.29 is 4.74 Å². The van der Waals surface area contributed by atoms with E-state index in [-0.39, 0.29) is 0 Å². The van der Waals surface area contributed by atoms with E-state index in [1.165, 1.54) is 0 Å². The highest BCUT2D eigenvalue weighted by Gasteiger charge is 2.11. The number of aromatic amines is 1. The van der Waals surface area contributed by atoms with Crippen LogP contribution < -0.4 is 10.2 Å². The first kappa shape index (κ1) is 13.9. The molecule has 0 saturated carbocycles. The molecule has 6 nitrogen and oxygen atoms in total. The van der Waals surface area contributed by atoms with Crippen molar-refractivity contribution in [2.24, 2.45) is 0 Å². The van der Waals surface area contributed by atoms with Crippen LogP contribution >= 0.6 is 0 Å². The van der Waals surface area contributed by atoms with Crippen molar-refractivity contribution in [3.8, 4) is 0 Å². The third kappa shape index (κ3) is 3.33. The fourth-order valence-corrected chi connectivity index (χ4v) is 2.38. The molecule has 0 bridgehead atoms. The minimum atomic E-state index is 0.651. The van der Waals surface area contributed by atoms with Crippen molar-refractivity contribution in [1.29, 1.82) is 0 Å². The number of morpholine rings is 1. The van der Waals surface area contributed by atoms with Gasteiger partial charge >= 0.3 is 0 Å². The number of anilines is 2. The van der Waals surface area contributed by atoms with E-state index >= 15 is 0 Å². The molecular formula is C15H21N5O. The van der Waals surface area contributed by atoms with Gasteiger partial charge in [0.2, 0.25) is 0 Å². The Kier molecular flexibility index (Phi) is 4.06. The molecule has 1 aliphatic rings. The second-order valence-electron chi connectivity index (χ2n) is 5.25. The molecule has 2 aromatic heterocycles. The van der Waals surface area contributed by atoms with Gasteiger partial charge in [-0.25, -0.2) is 9.97 Å². The number of aromatic nitrogens is 3. The second kappa shape index (κ2) is 6.13.